The number of aliphatic carboxylic acids is 1. The lowest BCUT2D eigenvalue weighted by Crippen LogP contribution is -2.39. The molecule has 5 nitrogen and oxygen atoms in total. The van der Waals surface area contributed by atoms with Crippen LogP contribution in [0.4, 0.5) is 5.69 Å². The standard InChI is InChI=1S/C14H21NO4/c1-5-8-15(10(2)14(16)17)12-9-11(18-3)6-7-13(12)19-4/h6-7,9-10H,5,8H2,1-4H3,(H,16,17). The van der Waals surface area contributed by atoms with Crippen molar-refractivity contribution in [2.24, 2.45) is 0 Å². The molecule has 1 rings (SSSR count). The second kappa shape index (κ2) is 6.87. The Morgan fingerprint density at radius 1 is 1.37 bits per heavy atom. The SMILES string of the molecule is CCCN(c1cc(OC)ccc1OC)C(C)C(=O)O. The second-order valence-electron chi connectivity index (χ2n) is 4.25. The number of methoxy groups -OCH3 is 2. The molecule has 1 atom stereocenters. The van der Waals surface area contributed by atoms with Gasteiger partial charge in [0.2, 0.25) is 0 Å². The van der Waals surface area contributed by atoms with E-state index in [1.165, 1.54) is 0 Å². The molecule has 1 aromatic carbocycles. The fourth-order valence-electron chi connectivity index (χ4n) is 1.92. The van der Waals surface area contributed by atoms with E-state index in [1.807, 2.05) is 11.8 Å². The Kier molecular flexibility index (Phi) is 5.48. The highest BCUT2D eigenvalue weighted by molar-refractivity contribution is 5.79. The monoisotopic (exact) mass is 267 g/mol. The van der Waals surface area contributed by atoms with Gasteiger partial charge in [-0.2, -0.15) is 0 Å². The first-order chi connectivity index (χ1) is 9.04. The molecule has 106 valence electrons. The van der Waals surface area contributed by atoms with Gasteiger partial charge in [-0.1, -0.05) is 6.92 Å². The van der Waals surface area contributed by atoms with Crippen molar-refractivity contribution in [2.45, 2.75) is 26.3 Å². The molecule has 5 heteroatoms. The molecule has 0 aliphatic rings. The molecule has 0 radical (unpaired) electrons. The minimum absolute atomic E-state index is 0.624. The molecular weight excluding hydrogens is 246 g/mol. The van der Waals surface area contributed by atoms with Crippen LogP contribution in [0.5, 0.6) is 11.5 Å². The third-order valence-electron chi connectivity index (χ3n) is 2.98. The molecule has 0 amide bonds. The quantitative estimate of drug-likeness (QED) is 0.822. The number of anilines is 1. The lowest BCUT2D eigenvalue weighted by atomic mass is 10.2. The summed E-state index contributed by atoms with van der Waals surface area (Å²) >= 11 is 0. The molecule has 0 saturated heterocycles. The number of ether oxygens (including phenoxy) is 2. The normalized spacial score (nSPS) is 11.8. The highest BCUT2D eigenvalue weighted by Gasteiger charge is 2.23. The molecule has 0 aromatic heterocycles. The van der Waals surface area contributed by atoms with Crippen molar-refractivity contribution in [3.05, 3.63) is 18.2 Å². The maximum Gasteiger partial charge on any atom is 0.326 e. The van der Waals surface area contributed by atoms with E-state index >= 15 is 0 Å². The van der Waals surface area contributed by atoms with E-state index in [1.54, 1.807) is 39.3 Å². The molecular formula is C14H21NO4. The smallest absolute Gasteiger partial charge is 0.326 e. The van der Waals surface area contributed by atoms with Gasteiger partial charge in [0.25, 0.3) is 0 Å². The van der Waals surface area contributed by atoms with Gasteiger partial charge >= 0.3 is 5.97 Å². The molecule has 0 saturated carbocycles. The highest BCUT2D eigenvalue weighted by Crippen LogP contribution is 2.33. The molecule has 0 aliphatic heterocycles. The van der Waals surface area contributed by atoms with Gasteiger partial charge in [0, 0.05) is 12.6 Å². The van der Waals surface area contributed by atoms with E-state index < -0.39 is 12.0 Å². The average Bonchev–Trinajstić information content (AvgIpc) is 2.43. The summed E-state index contributed by atoms with van der Waals surface area (Å²) in [5.41, 5.74) is 0.735. The Labute approximate surface area is 113 Å². The lowest BCUT2D eigenvalue weighted by Gasteiger charge is -2.29. The molecule has 0 heterocycles. The van der Waals surface area contributed by atoms with Gasteiger partial charge in [-0.05, 0) is 25.5 Å². The first-order valence-electron chi connectivity index (χ1n) is 6.26. The molecule has 0 aliphatic carbocycles. The first kappa shape index (κ1) is 15.1. The third kappa shape index (κ3) is 3.53. The number of carbonyl (C=O) groups is 1. The number of carboxylic acid groups (broad SMARTS) is 1. The Morgan fingerprint density at radius 3 is 2.53 bits per heavy atom. The van der Waals surface area contributed by atoms with Gasteiger partial charge in [-0.15, -0.1) is 0 Å². The van der Waals surface area contributed by atoms with Crippen LogP contribution in [0.2, 0.25) is 0 Å². The van der Waals surface area contributed by atoms with Crippen LogP contribution >= 0.6 is 0 Å². The van der Waals surface area contributed by atoms with Gasteiger partial charge in [0.05, 0.1) is 19.9 Å². The first-order valence-corrected chi connectivity index (χ1v) is 6.26. The molecule has 0 spiro atoms. The number of hydrogen-bond acceptors (Lipinski definition) is 4. The molecule has 19 heavy (non-hydrogen) atoms. The van der Waals surface area contributed by atoms with Gasteiger partial charge in [-0.25, -0.2) is 4.79 Å². The Hall–Kier alpha value is -1.91. The summed E-state index contributed by atoms with van der Waals surface area (Å²) in [5.74, 6) is 0.454. The Morgan fingerprint density at radius 2 is 2.05 bits per heavy atom. The molecule has 1 N–H and O–H groups in total. The van der Waals surface area contributed by atoms with Crippen molar-refractivity contribution in [1.29, 1.82) is 0 Å². The number of hydrogen-bond donors (Lipinski definition) is 1. The van der Waals surface area contributed by atoms with Crippen LogP contribution in [-0.4, -0.2) is 37.9 Å². The third-order valence-corrected chi connectivity index (χ3v) is 2.98. The summed E-state index contributed by atoms with van der Waals surface area (Å²) in [7, 11) is 3.15. The van der Waals surface area contributed by atoms with E-state index in [2.05, 4.69) is 0 Å². The highest BCUT2D eigenvalue weighted by atomic mass is 16.5. The van der Waals surface area contributed by atoms with E-state index in [-0.39, 0.29) is 0 Å². The number of benzene rings is 1. The molecule has 0 fully saturated rings. The van der Waals surface area contributed by atoms with Crippen LogP contribution in [0, 0.1) is 0 Å². The van der Waals surface area contributed by atoms with E-state index in [0.29, 0.717) is 18.0 Å². The van der Waals surface area contributed by atoms with Crippen molar-refractivity contribution in [2.75, 3.05) is 25.7 Å². The largest absolute Gasteiger partial charge is 0.497 e. The van der Waals surface area contributed by atoms with Crippen molar-refractivity contribution < 1.29 is 19.4 Å². The van der Waals surface area contributed by atoms with Crippen molar-refractivity contribution in [3.63, 3.8) is 0 Å². The van der Waals surface area contributed by atoms with Crippen LogP contribution in [0.3, 0.4) is 0 Å². The van der Waals surface area contributed by atoms with Gasteiger partial charge in [0.1, 0.15) is 17.5 Å². The van der Waals surface area contributed by atoms with Crippen molar-refractivity contribution >= 4 is 11.7 Å². The molecule has 1 unspecified atom stereocenters. The van der Waals surface area contributed by atoms with Crippen molar-refractivity contribution in [1.82, 2.24) is 0 Å². The summed E-state index contributed by atoms with van der Waals surface area (Å²) in [6.07, 6.45) is 0.845. The van der Waals surface area contributed by atoms with Gasteiger partial charge in [-0.3, -0.25) is 0 Å². The van der Waals surface area contributed by atoms with E-state index in [9.17, 15) is 9.90 Å². The minimum Gasteiger partial charge on any atom is -0.497 e. The average molecular weight is 267 g/mol. The number of carboxylic acids is 1. The van der Waals surface area contributed by atoms with Crippen LogP contribution in [0.1, 0.15) is 20.3 Å². The predicted octanol–water partition coefficient (Wildman–Crippen LogP) is 2.39. The fourth-order valence-corrected chi connectivity index (χ4v) is 1.92. The van der Waals surface area contributed by atoms with E-state index in [4.69, 9.17) is 9.47 Å². The van der Waals surface area contributed by atoms with Gasteiger partial charge in [0.15, 0.2) is 0 Å². The van der Waals surface area contributed by atoms with Crippen LogP contribution in [-0.2, 0) is 4.79 Å². The summed E-state index contributed by atoms with van der Waals surface area (Å²) in [5, 5.41) is 9.22. The summed E-state index contributed by atoms with van der Waals surface area (Å²) in [6, 6.07) is 4.75. The zero-order chi connectivity index (χ0) is 14.4. The lowest BCUT2D eigenvalue weighted by molar-refractivity contribution is -0.138. The summed E-state index contributed by atoms with van der Waals surface area (Å²) in [6.45, 7) is 4.31. The second-order valence-corrected chi connectivity index (χ2v) is 4.25. The van der Waals surface area contributed by atoms with E-state index in [0.717, 1.165) is 12.1 Å². The van der Waals surface area contributed by atoms with Crippen LogP contribution < -0.4 is 14.4 Å². The number of rotatable bonds is 7. The van der Waals surface area contributed by atoms with Crippen LogP contribution in [0.25, 0.3) is 0 Å². The minimum atomic E-state index is -0.863. The maximum absolute atomic E-state index is 11.2. The topological polar surface area (TPSA) is 59.0 Å². The Bertz CT molecular complexity index is 433. The zero-order valence-corrected chi connectivity index (χ0v) is 11.8. The predicted molar refractivity (Wildman–Crippen MR) is 74.3 cm³/mol. The van der Waals surface area contributed by atoms with Crippen molar-refractivity contribution in [3.8, 4) is 11.5 Å². The fraction of sp³-hybridized carbons (Fsp3) is 0.500. The Balaban J connectivity index is 3.22. The molecule has 1 aromatic rings. The zero-order valence-electron chi connectivity index (χ0n) is 11.8. The van der Waals surface area contributed by atoms with Crippen LogP contribution in [0.15, 0.2) is 18.2 Å². The summed E-state index contributed by atoms with van der Waals surface area (Å²) in [4.78, 5) is 13.0. The molecule has 0 bridgehead atoms. The maximum atomic E-state index is 11.2. The summed E-state index contributed by atoms with van der Waals surface area (Å²) < 4.78 is 10.5. The number of nitrogens with zero attached hydrogens (tertiary/aromatic N) is 1. The van der Waals surface area contributed by atoms with Gasteiger partial charge < -0.3 is 19.5 Å².